The third kappa shape index (κ3) is 3.80. The van der Waals surface area contributed by atoms with Crippen molar-refractivity contribution in [2.24, 2.45) is 5.41 Å². The van der Waals surface area contributed by atoms with Crippen LogP contribution in [0.5, 0.6) is 5.75 Å². The summed E-state index contributed by atoms with van der Waals surface area (Å²) in [6.07, 6.45) is 0. The number of aryl methyl sites for hydroxylation is 1. The van der Waals surface area contributed by atoms with Crippen LogP contribution in [0.25, 0.3) is 0 Å². The number of carbonyl (C=O) groups excluding carboxylic acids is 2. The van der Waals surface area contributed by atoms with Crippen LogP contribution < -0.4 is 4.74 Å². The van der Waals surface area contributed by atoms with Crippen molar-refractivity contribution in [3.8, 4) is 5.75 Å². The molecular formula is C23H26O7S. The van der Waals surface area contributed by atoms with Gasteiger partial charge in [-0.1, -0.05) is 29.8 Å². The van der Waals surface area contributed by atoms with Crippen molar-refractivity contribution in [2.45, 2.75) is 36.8 Å². The van der Waals surface area contributed by atoms with Crippen LogP contribution in [0.4, 0.5) is 0 Å². The van der Waals surface area contributed by atoms with Gasteiger partial charge in [-0.25, -0.2) is 8.42 Å². The van der Waals surface area contributed by atoms with Gasteiger partial charge >= 0.3 is 11.9 Å². The molecule has 2 atom stereocenters. The van der Waals surface area contributed by atoms with E-state index < -0.39 is 38.4 Å². The van der Waals surface area contributed by atoms with Gasteiger partial charge in [-0.2, -0.15) is 0 Å². The van der Waals surface area contributed by atoms with Gasteiger partial charge < -0.3 is 14.2 Å². The summed E-state index contributed by atoms with van der Waals surface area (Å²) in [7, 11) is -2.55. The highest BCUT2D eigenvalue weighted by atomic mass is 32.2. The van der Waals surface area contributed by atoms with Crippen LogP contribution in [0.15, 0.2) is 53.4 Å². The zero-order valence-corrected chi connectivity index (χ0v) is 18.8. The molecular weight excluding hydrogens is 420 g/mol. The van der Waals surface area contributed by atoms with Crippen LogP contribution in [0, 0.1) is 12.3 Å². The molecule has 0 heterocycles. The van der Waals surface area contributed by atoms with Crippen molar-refractivity contribution < 1.29 is 32.2 Å². The van der Waals surface area contributed by atoms with E-state index in [1.54, 1.807) is 50.2 Å². The normalized spacial score (nSPS) is 19.4. The van der Waals surface area contributed by atoms with E-state index in [0.29, 0.717) is 11.3 Å². The van der Waals surface area contributed by atoms with Crippen LogP contribution in [-0.2, 0) is 28.9 Å². The van der Waals surface area contributed by atoms with Crippen molar-refractivity contribution >= 4 is 21.8 Å². The van der Waals surface area contributed by atoms with Crippen molar-refractivity contribution in [1.29, 1.82) is 0 Å². The summed E-state index contributed by atoms with van der Waals surface area (Å²) < 4.78 is 42.7. The number of ether oxygens (including phenoxy) is 3. The lowest BCUT2D eigenvalue weighted by Gasteiger charge is -2.15. The molecule has 0 N–H and O–H groups in total. The summed E-state index contributed by atoms with van der Waals surface area (Å²) in [4.78, 5) is 26.2. The molecule has 0 unspecified atom stereocenters. The number of hydrogen-bond donors (Lipinski definition) is 0. The van der Waals surface area contributed by atoms with E-state index in [1.807, 2.05) is 6.92 Å². The zero-order valence-electron chi connectivity index (χ0n) is 18.0. The molecule has 1 aliphatic carbocycles. The third-order valence-corrected chi connectivity index (χ3v) is 7.76. The first-order valence-corrected chi connectivity index (χ1v) is 11.6. The van der Waals surface area contributed by atoms with E-state index in [4.69, 9.17) is 14.2 Å². The molecule has 1 fully saturated rings. The molecule has 0 saturated heterocycles. The SMILES string of the molecule is CCOC(=O)C1(C(=O)OCC)[C@H](c2ccc(OC)cc2)[C@H]1S(=O)(=O)c1ccc(C)cc1. The van der Waals surface area contributed by atoms with Gasteiger partial charge in [0.25, 0.3) is 0 Å². The second-order valence-electron chi connectivity index (χ2n) is 7.34. The molecule has 1 saturated carbocycles. The summed E-state index contributed by atoms with van der Waals surface area (Å²) in [6.45, 7) is 5.06. The van der Waals surface area contributed by atoms with Gasteiger partial charge in [0.05, 0.1) is 25.2 Å². The number of esters is 2. The minimum atomic E-state index is -4.06. The summed E-state index contributed by atoms with van der Waals surface area (Å²) >= 11 is 0. The predicted molar refractivity (Wildman–Crippen MR) is 114 cm³/mol. The quantitative estimate of drug-likeness (QED) is 0.454. The standard InChI is InChI=1S/C23H26O7S/c1-5-29-21(24)23(22(25)30-6-2)19(16-9-11-17(28-4)12-10-16)20(23)31(26,27)18-13-7-15(3)8-14-18/h7-14,19-20H,5-6H2,1-4H3/t19-,20-/m1/s1. The van der Waals surface area contributed by atoms with Gasteiger partial charge in [0, 0.05) is 5.92 Å². The molecule has 2 aromatic carbocycles. The molecule has 2 aromatic rings. The first kappa shape index (κ1) is 22.8. The van der Waals surface area contributed by atoms with Crippen molar-refractivity contribution in [1.82, 2.24) is 0 Å². The Morgan fingerprint density at radius 3 is 1.87 bits per heavy atom. The third-order valence-electron chi connectivity index (χ3n) is 5.52. The van der Waals surface area contributed by atoms with E-state index in [9.17, 15) is 18.0 Å². The van der Waals surface area contributed by atoms with Crippen LogP contribution in [0.2, 0.25) is 0 Å². The number of hydrogen-bond acceptors (Lipinski definition) is 7. The fraction of sp³-hybridized carbons (Fsp3) is 0.391. The van der Waals surface area contributed by atoms with Crippen LogP contribution in [0.3, 0.4) is 0 Å². The smallest absolute Gasteiger partial charge is 0.325 e. The lowest BCUT2D eigenvalue weighted by molar-refractivity contribution is -0.164. The van der Waals surface area contributed by atoms with Crippen molar-refractivity contribution in [3.05, 3.63) is 59.7 Å². The van der Waals surface area contributed by atoms with E-state index in [-0.39, 0.29) is 18.1 Å². The van der Waals surface area contributed by atoms with E-state index >= 15 is 0 Å². The first-order chi connectivity index (χ1) is 14.7. The van der Waals surface area contributed by atoms with Crippen LogP contribution in [-0.4, -0.2) is 45.9 Å². The molecule has 0 amide bonds. The second-order valence-corrected chi connectivity index (χ2v) is 9.41. The molecule has 0 bridgehead atoms. The van der Waals surface area contributed by atoms with Crippen molar-refractivity contribution in [2.75, 3.05) is 20.3 Å². The Hall–Kier alpha value is -2.87. The van der Waals surface area contributed by atoms with Crippen LogP contribution >= 0.6 is 0 Å². The molecule has 8 heteroatoms. The molecule has 31 heavy (non-hydrogen) atoms. The maximum Gasteiger partial charge on any atom is 0.325 e. The van der Waals surface area contributed by atoms with Gasteiger partial charge in [0.1, 0.15) is 11.0 Å². The average Bonchev–Trinajstić information content (AvgIpc) is 3.47. The summed E-state index contributed by atoms with van der Waals surface area (Å²) in [5.41, 5.74) is -0.560. The van der Waals surface area contributed by atoms with Crippen molar-refractivity contribution in [3.63, 3.8) is 0 Å². The fourth-order valence-electron chi connectivity index (χ4n) is 3.97. The number of benzene rings is 2. The van der Waals surface area contributed by atoms with Gasteiger partial charge in [-0.05, 0) is 50.6 Å². The number of rotatable bonds is 8. The molecule has 166 valence electrons. The average molecular weight is 447 g/mol. The fourth-order valence-corrected chi connectivity index (χ4v) is 6.26. The lowest BCUT2D eigenvalue weighted by atomic mass is 9.99. The molecule has 0 aliphatic heterocycles. The monoisotopic (exact) mass is 446 g/mol. The number of sulfone groups is 1. The molecule has 0 radical (unpaired) electrons. The van der Waals surface area contributed by atoms with E-state index in [0.717, 1.165) is 5.56 Å². The first-order valence-electron chi connectivity index (χ1n) is 10.0. The Morgan fingerprint density at radius 1 is 0.903 bits per heavy atom. The number of methoxy groups -OCH3 is 1. The van der Waals surface area contributed by atoms with Gasteiger partial charge in [-0.15, -0.1) is 0 Å². The Morgan fingerprint density at radius 2 is 1.42 bits per heavy atom. The minimum absolute atomic E-state index is 0.00657. The number of carbonyl (C=O) groups is 2. The van der Waals surface area contributed by atoms with E-state index in [2.05, 4.69) is 0 Å². The molecule has 3 rings (SSSR count). The Balaban J connectivity index is 2.18. The summed E-state index contributed by atoms with van der Waals surface area (Å²) in [5, 5.41) is -1.34. The second kappa shape index (κ2) is 8.70. The maximum atomic E-state index is 13.6. The highest BCUT2D eigenvalue weighted by molar-refractivity contribution is 7.92. The minimum Gasteiger partial charge on any atom is -0.497 e. The van der Waals surface area contributed by atoms with Gasteiger partial charge in [0.15, 0.2) is 15.3 Å². The Labute approximate surface area is 182 Å². The molecule has 1 aliphatic rings. The Bertz CT molecular complexity index is 1040. The van der Waals surface area contributed by atoms with Crippen LogP contribution in [0.1, 0.15) is 30.9 Å². The largest absolute Gasteiger partial charge is 0.497 e. The maximum absolute atomic E-state index is 13.6. The highest BCUT2D eigenvalue weighted by Crippen LogP contribution is 2.65. The summed E-state index contributed by atoms with van der Waals surface area (Å²) in [6, 6.07) is 12.9. The lowest BCUT2D eigenvalue weighted by Crippen LogP contribution is -2.35. The van der Waals surface area contributed by atoms with E-state index in [1.165, 1.54) is 19.2 Å². The molecule has 7 nitrogen and oxygen atoms in total. The van der Waals surface area contributed by atoms with Gasteiger partial charge in [0.2, 0.25) is 0 Å². The molecule has 0 spiro atoms. The van der Waals surface area contributed by atoms with Gasteiger partial charge in [-0.3, -0.25) is 9.59 Å². The Kier molecular flexibility index (Phi) is 6.40. The topological polar surface area (TPSA) is 96.0 Å². The zero-order chi connectivity index (χ0) is 22.8. The molecule has 0 aromatic heterocycles. The summed E-state index contributed by atoms with van der Waals surface area (Å²) in [5.74, 6) is -2.16. The predicted octanol–water partition coefficient (Wildman–Crippen LogP) is 3.06. The highest BCUT2D eigenvalue weighted by Gasteiger charge is 2.81.